The monoisotopic (exact) mass is 468 g/mol. The second kappa shape index (κ2) is 8.36. The second-order valence-electron chi connectivity index (χ2n) is 10.8. The average molecular weight is 469 g/mol. The molecule has 2 aliphatic rings. The Morgan fingerprint density at radius 1 is 0.667 bits per heavy atom. The molecule has 1 atom stereocenters. The SMILES string of the molecule is CC1(c2cc(-c3ccccc3)cc(N(N)c3ccc4c(c3)C(C)(C)c3ccccc3-4)c2)C=CC=CC1. The Morgan fingerprint density at radius 3 is 2.19 bits per heavy atom. The smallest absolute Gasteiger partial charge is 0.0584 e. The largest absolute Gasteiger partial charge is 0.280 e. The molecule has 36 heavy (non-hydrogen) atoms. The van der Waals surface area contributed by atoms with E-state index in [1.807, 2.05) is 5.01 Å². The maximum absolute atomic E-state index is 6.89. The molecular weight excluding hydrogens is 436 g/mol. The van der Waals surface area contributed by atoms with Crippen molar-refractivity contribution in [1.82, 2.24) is 0 Å². The zero-order chi connectivity index (χ0) is 24.9. The van der Waals surface area contributed by atoms with Gasteiger partial charge in [-0.25, -0.2) is 5.84 Å². The van der Waals surface area contributed by atoms with E-state index in [0.717, 1.165) is 17.8 Å². The fraction of sp³-hybridized carbons (Fsp3) is 0.176. The standard InChI is InChI=1S/C34H32N2/c1-33(2)31-15-9-8-14-29(31)30-17-16-27(23-32(30)33)36(35)28-21-25(24-12-6-4-7-13-24)20-26(22-28)34(3)18-10-5-11-19-34/h4-18,20-23H,19,35H2,1-3H3. The van der Waals surface area contributed by atoms with E-state index in [1.165, 1.54) is 38.9 Å². The predicted octanol–water partition coefficient (Wildman–Crippen LogP) is 8.45. The molecule has 0 heterocycles. The van der Waals surface area contributed by atoms with Crippen molar-refractivity contribution in [1.29, 1.82) is 0 Å². The van der Waals surface area contributed by atoms with Crippen LogP contribution in [0.3, 0.4) is 0 Å². The molecule has 0 saturated heterocycles. The molecule has 6 rings (SSSR count). The summed E-state index contributed by atoms with van der Waals surface area (Å²) >= 11 is 0. The molecule has 0 spiro atoms. The summed E-state index contributed by atoms with van der Waals surface area (Å²) in [6.45, 7) is 6.91. The van der Waals surface area contributed by atoms with Crippen LogP contribution in [0.4, 0.5) is 11.4 Å². The molecular formula is C34H32N2. The molecule has 0 aromatic heterocycles. The zero-order valence-electron chi connectivity index (χ0n) is 21.2. The molecule has 4 aromatic rings. The van der Waals surface area contributed by atoms with E-state index in [0.29, 0.717) is 0 Å². The number of anilines is 2. The lowest BCUT2D eigenvalue weighted by Crippen LogP contribution is -2.27. The van der Waals surface area contributed by atoms with Crippen LogP contribution in [0.2, 0.25) is 0 Å². The van der Waals surface area contributed by atoms with Gasteiger partial charge in [0.1, 0.15) is 0 Å². The number of hydrogen-bond acceptors (Lipinski definition) is 2. The average Bonchev–Trinajstić information content (AvgIpc) is 3.15. The molecule has 2 N–H and O–H groups in total. The first-order valence-corrected chi connectivity index (χ1v) is 12.7. The van der Waals surface area contributed by atoms with Crippen molar-refractivity contribution < 1.29 is 0 Å². The normalized spacial score (nSPS) is 19.1. The van der Waals surface area contributed by atoms with Gasteiger partial charge in [0.05, 0.1) is 11.4 Å². The van der Waals surface area contributed by atoms with Crippen LogP contribution in [-0.2, 0) is 10.8 Å². The third-order valence-corrected chi connectivity index (χ3v) is 8.06. The highest BCUT2D eigenvalue weighted by Gasteiger charge is 2.35. The number of nitrogens with two attached hydrogens (primary N) is 1. The first-order valence-electron chi connectivity index (χ1n) is 12.7. The van der Waals surface area contributed by atoms with Crippen LogP contribution in [0.25, 0.3) is 22.3 Å². The Kier molecular flexibility index (Phi) is 5.24. The number of hydrazine groups is 1. The molecule has 0 aliphatic heterocycles. The Balaban J connectivity index is 1.46. The van der Waals surface area contributed by atoms with Crippen molar-refractivity contribution in [3.8, 4) is 22.3 Å². The maximum Gasteiger partial charge on any atom is 0.0584 e. The molecule has 2 nitrogen and oxygen atoms in total. The molecule has 2 heteroatoms. The summed E-state index contributed by atoms with van der Waals surface area (Å²) in [5, 5.41) is 1.85. The van der Waals surface area contributed by atoms with Crippen molar-refractivity contribution in [2.75, 3.05) is 5.01 Å². The summed E-state index contributed by atoms with van der Waals surface area (Å²) in [4.78, 5) is 0. The van der Waals surface area contributed by atoms with Gasteiger partial charge < -0.3 is 0 Å². The Hall–Kier alpha value is -3.88. The van der Waals surface area contributed by atoms with Crippen LogP contribution in [0.1, 0.15) is 43.9 Å². The molecule has 0 bridgehead atoms. The highest BCUT2D eigenvalue weighted by molar-refractivity contribution is 5.83. The van der Waals surface area contributed by atoms with Crippen molar-refractivity contribution in [2.24, 2.45) is 5.84 Å². The third-order valence-electron chi connectivity index (χ3n) is 8.06. The summed E-state index contributed by atoms with van der Waals surface area (Å²) in [5.74, 6) is 6.89. The first kappa shape index (κ1) is 22.6. The summed E-state index contributed by atoms with van der Waals surface area (Å²) < 4.78 is 0. The van der Waals surface area contributed by atoms with Gasteiger partial charge in [-0.05, 0) is 69.6 Å². The lowest BCUT2D eigenvalue weighted by atomic mass is 9.76. The van der Waals surface area contributed by atoms with Crippen LogP contribution >= 0.6 is 0 Å². The summed E-state index contributed by atoms with van der Waals surface area (Å²) in [6, 6.07) is 32.7. The fourth-order valence-electron chi connectivity index (χ4n) is 5.81. The minimum absolute atomic E-state index is 0.0630. The second-order valence-corrected chi connectivity index (χ2v) is 10.8. The van der Waals surface area contributed by atoms with Crippen LogP contribution in [0.15, 0.2) is 115 Å². The lowest BCUT2D eigenvalue weighted by Gasteiger charge is -2.30. The van der Waals surface area contributed by atoms with E-state index < -0.39 is 0 Å². The van der Waals surface area contributed by atoms with E-state index in [9.17, 15) is 0 Å². The molecule has 1 unspecified atom stereocenters. The van der Waals surface area contributed by atoms with E-state index in [4.69, 9.17) is 5.84 Å². The van der Waals surface area contributed by atoms with Crippen LogP contribution in [0, 0.1) is 0 Å². The lowest BCUT2D eigenvalue weighted by molar-refractivity contribution is 0.600. The van der Waals surface area contributed by atoms with E-state index >= 15 is 0 Å². The van der Waals surface area contributed by atoms with Gasteiger partial charge >= 0.3 is 0 Å². The van der Waals surface area contributed by atoms with Gasteiger partial charge in [0.2, 0.25) is 0 Å². The summed E-state index contributed by atoms with van der Waals surface area (Å²) in [7, 11) is 0. The van der Waals surface area contributed by atoms with Gasteiger partial charge in [-0.15, -0.1) is 0 Å². The quantitative estimate of drug-likeness (QED) is 0.240. The minimum atomic E-state index is -0.0727. The van der Waals surface area contributed by atoms with Crippen molar-refractivity contribution in [2.45, 2.75) is 38.0 Å². The van der Waals surface area contributed by atoms with Crippen molar-refractivity contribution in [3.05, 3.63) is 132 Å². The number of hydrogen-bond donors (Lipinski definition) is 1. The molecule has 2 aliphatic carbocycles. The minimum Gasteiger partial charge on any atom is -0.280 e. The van der Waals surface area contributed by atoms with Crippen molar-refractivity contribution in [3.63, 3.8) is 0 Å². The van der Waals surface area contributed by atoms with Crippen LogP contribution < -0.4 is 10.9 Å². The predicted molar refractivity (Wildman–Crippen MR) is 152 cm³/mol. The summed E-state index contributed by atoms with van der Waals surface area (Å²) in [5.41, 5.74) is 10.8. The van der Waals surface area contributed by atoms with Gasteiger partial charge in [0.15, 0.2) is 0 Å². The molecule has 0 saturated carbocycles. The fourth-order valence-corrected chi connectivity index (χ4v) is 5.81. The number of rotatable bonds is 4. The van der Waals surface area contributed by atoms with Gasteiger partial charge in [-0.3, -0.25) is 5.01 Å². The van der Waals surface area contributed by atoms with Gasteiger partial charge in [-0.2, -0.15) is 0 Å². The molecule has 0 radical (unpaired) electrons. The first-order chi connectivity index (χ1) is 17.4. The molecule has 0 amide bonds. The van der Waals surface area contributed by atoms with Gasteiger partial charge in [-0.1, -0.05) is 112 Å². The van der Waals surface area contributed by atoms with Gasteiger partial charge in [0.25, 0.3) is 0 Å². The van der Waals surface area contributed by atoms with E-state index in [-0.39, 0.29) is 10.8 Å². The molecule has 178 valence electrons. The highest BCUT2D eigenvalue weighted by Crippen LogP contribution is 2.49. The molecule has 0 fully saturated rings. The van der Waals surface area contributed by atoms with Crippen molar-refractivity contribution >= 4 is 11.4 Å². The Bertz CT molecular complexity index is 1510. The van der Waals surface area contributed by atoms with Crippen LogP contribution in [-0.4, -0.2) is 0 Å². The third kappa shape index (κ3) is 3.61. The Labute approximate surface area is 214 Å². The number of allylic oxidation sites excluding steroid dienone is 4. The Morgan fingerprint density at radius 2 is 1.42 bits per heavy atom. The number of nitrogens with zero attached hydrogens (tertiary/aromatic N) is 1. The van der Waals surface area contributed by atoms with Crippen LogP contribution in [0.5, 0.6) is 0 Å². The number of benzene rings is 4. The topological polar surface area (TPSA) is 29.3 Å². The zero-order valence-corrected chi connectivity index (χ0v) is 21.2. The highest BCUT2D eigenvalue weighted by atomic mass is 15.4. The van der Waals surface area contributed by atoms with Gasteiger partial charge in [0, 0.05) is 10.8 Å². The summed E-state index contributed by atoms with van der Waals surface area (Å²) in [6.07, 6.45) is 9.80. The molecule has 4 aromatic carbocycles. The van der Waals surface area contributed by atoms with E-state index in [1.54, 1.807) is 0 Å². The maximum atomic E-state index is 6.89. The van der Waals surface area contributed by atoms with E-state index in [2.05, 4.69) is 136 Å². The number of fused-ring (bicyclic) bond motifs is 3.